The van der Waals surface area contributed by atoms with Gasteiger partial charge in [0.05, 0.1) is 16.0 Å². The van der Waals surface area contributed by atoms with Crippen molar-refractivity contribution in [3.05, 3.63) is 28.7 Å². The fraction of sp³-hybridized carbons (Fsp3) is 0.647. The number of nitrogens with one attached hydrogen (secondary N) is 1. The summed E-state index contributed by atoms with van der Waals surface area (Å²) < 4.78 is 14.0. The Balaban J connectivity index is 2.23. The lowest BCUT2D eigenvalue weighted by molar-refractivity contribution is 0.166. The van der Waals surface area contributed by atoms with Gasteiger partial charge in [-0.1, -0.05) is 42.8 Å². The standard InChI is InChI=1S/C17H26BrNOS/c1-17(2,3)12-8-9-15(19-4)16(10-12)21(20)14-7-5-6-13(18)11-14/h5-7,11-12,15-16,19H,8-10H2,1-4H3. The van der Waals surface area contributed by atoms with Crippen LogP contribution in [-0.2, 0) is 10.8 Å². The molecule has 4 atom stereocenters. The zero-order chi connectivity index (χ0) is 15.6. The molecule has 0 aromatic heterocycles. The smallest absolute Gasteiger partial charge is 0.0577 e. The van der Waals surface area contributed by atoms with Crippen LogP contribution in [0, 0.1) is 11.3 Å². The second-order valence-electron chi connectivity index (χ2n) is 7.06. The van der Waals surface area contributed by atoms with E-state index >= 15 is 0 Å². The van der Waals surface area contributed by atoms with E-state index in [4.69, 9.17) is 0 Å². The van der Waals surface area contributed by atoms with E-state index in [1.807, 2.05) is 31.3 Å². The fourth-order valence-electron chi connectivity index (χ4n) is 3.25. The highest BCUT2D eigenvalue weighted by Gasteiger charge is 2.38. The number of hydrogen-bond acceptors (Lipinski definition) is 2. The quantitative estimate of drug-likeness (QED) is 0.854. The van der Waals surface area contributed by atoms with Crippen molar-refractivity contribution in [2.75, 3.05) is 7.05 Å². The maximum absolute atomic E-state index is 13.0. The summed E-state index contributed by atoms with van der Waals surface area (Å²) in [7, 11) is 1.04. The van der Waals surface area contributed by atoms with Crippen molar-refractivity contribution in [3.63, 3.8) is 0 Å². The van der Waals surface area contributed by atoms with E-state index in [1.54, 1.807) is 0 Å². The van der Waals surface area contributed by atoms with Gasteiger partial charge >= 0.3 is 0 Å². The van der Waals surface area contributed by atoms with Gasteiger partial charge in [0, 0.05) is 15.4 Å². The summed E-state index contributed by atoms with van der Waals surface area (Å²) in [5, 5.41) is 3.58. The second-order valence-corrected chi connectivity index (χ2v) is 9.65. The Morgan fingerprint density at radius 3 is 2.57 bits per heavy atom. The Morgan fingerprint density at radius 2 is 2.00 bits per heavy atom. The summed E-state index contributed by atoms with van der Waals surface area (Å²) >= 11 is 3.48. The predicted molar refractivity (Wildman–Crippen MR) is 94.0 cm³/mol. The summed E-state index contributed by atoms with van der Waals surface area (Å²) in [6, 6.07) is 8.27. The van der Waals surface area contributed by atoms with Crippen LogP contribution in [0.2, 0.25) is 0 Å². The van der Waals surface area contributed by atoms with Crippen LogP contribution in [0.3, 0.4) is 0 Å². The maximum Gasteiger partial charge on any atom is 0.0577 e. The van der Waals surface area contributed by atoms with Gasteiger partial charge in [0.15, 0.2) is 0 Å². The summed E-state index contributed by atoms with van der Waals surface area (Å²) in [5.74, 6) is 0.642. The van der Waals surface area contributed by atoms with Crippen molar-refractivity contribution < 1.29 is 4.21 Å². The van der Waals surface area contributed by atoms with Crippen LogP contribution in [-0.4, -0.2) is 22.5 Å². The summed E-state index contributed by atoms with van der Waals surface area (Å²) in [5.41, 5.74) is 0.290. The minimum absolute atomic E-state index is 0.197. The minimum Gasteiger partial charge on any atom is -0.316 e. The first-order valence-corrected chi connectivity index (χ1v) is 9.67. The first-order chi connectivity index (χ1) is 9.82. The number of rotatable bonds is 3. The van der Waals surface area contributed by atoms with E-state index in [2.05, 4.69) is 42.0 Å². The lowest BCUT2D eigenvalue weighted by Crippen LogP contribution is -2.46. The Kier molecular flexibility index (Phi) is 5.66. The van der Waals surface area contributed by atoms with Crippen LogP contribution in [0.25, 0.3) is 0 Å². The molecule has 1 aliphatic rings. The normalized spacial score (nSPS) is 28.3. The van der Waals surface area contributed by atoms with Crippen molar-refractivity contribution >= 4 is 26.7 Å². The second kappa shape index (κ2) is 6.93. The van der Waals surface area contributed by atoms with Gasteiger partial charge in [0.2, 0.25) is 0 Å². The molecule has 1 aliphatic carbocycles. The molecule has 2 rings (SSSR count). The van der Waals surface area contributed by atoms with E-state index in [1.165, 1.54) is 6.42 Å². The zero-order valence-electron chi connectivity index (χ0n) is 13.4. The van der Waals surface area contributed by atoms with Gasteiger partial charge in [-0.15, -0.1) is 0 Å². The summed E-state index contributed by atoms with van der Waals surface area (Å²) in [4.78, 5) is 0.934. The first kappa shape index (κ1) is 17.2. The largest absolute Gasteiger partial charge is 0.316 e. The monoisotopic (exact) mass is 371 g/mol. The third-order valence-corrected chi connectivity index (χ3v) is 6.97. The fourth-order valence-corrected chi connectivity index (χ4v) is 5.58. The van der Waals surface area contributed by atoms with Gasteiger partial charge < -0.3 is 5.32 Å². The predicted octanol–water partition coefficient (Wildman–Crippen LogP) is 4.36. The van der Waals surface area contributed by atoms with Crippen molar-refractivity contribution in [3.8, 4) is 0 Å². The Bertz CT molecular complexity index is 512. The average Bonchev–Trinajstić information content (AvgIpc) is 2.44. The molecule has 0 aliphatic heterocycles. The molecular weight excluding hydrogens is 346 g/mol. The average molecular weight is 372 g/mol. The van der Waals surface area contributed by atoms with Crippen LogP contribution < -0.4 is 5.32 Å². The minimum atomic E-state index is -0.958. The Morgan fingerprint density at radius 1 is 1.29 bits per heavy atom. The van der Waals surface area contributed by atoms with Gasteiger partial charge in [-0.2, -0.15) is 0 Å². The van der Waals surface area contributed by atoms with Crippen LogP contribution in [0.5, 0.6) is 0 Å². The molecule has 21 heavy (non-hydrogen) atoms. The third-order valence-electron chi connectivity index (χ3n) is 4.69. The molecule has 0 bridgehead atoms. The van der Waals surface area contributed by atoms with Crippen LogP contribution in [0.4, 0.5) is 0 Å². The maximum atomic E-state index is 13.0. The number of hydrogen-bond donors (Lipinski definition) is 1. The molecule has 0 spiro atoms. The van der Waals surface area contributed by atoms with E-state index in [9.17, 15) is 4.21 Å². The molecule has 0 radical (unpaired) electrons. The van der Waals surface area contributed by atoms with Gasteiger partial charge in [-0.3, -0.25) is 4.21 Å². The van der Waals surface area contributed by atoms with Crippen molar-refractivity contribution in [1.82, 2.24) is 5.32 Å². The Labute approximate surface area is 139 Å². The number of benzene rings is 1. The molecule has 0 heterocycles. The van der Waals surface area contributed by atoms with E-state index in [-0.39, 0.29) is 5.25 Å². The summed E-state index contributed by atoms with van der Waals surface area (Å²) in [6.45, 7) is 6.91. The molecule has 4 heteroatoms. The van der Waals surface area contributed by atoms with Crippen molar-refractivity contribution in [1.29, 1.82) is 0 Å². The van der Waals surface area contributed by atoms with E-state index < -0.39 is 10.8 Å². The molecule has 4 unspecified atom stereocenters. The van der Waals surface area contributed by atoms with E-state index in [0.717, 1.165) is 22.2 Å². The molecule has 1 fully saturated rings. The molecule has 1 saturated carbocycles. The van der Waals surface area contributed by atoms with E-state index in [0.29, 0.717) is 17.4 Å². The lowest BCUT2D eigenvalue weighted by Gasteiger charge is -2.41. The highest BCUT2D eigenvalue weighted by Crippen LogP contribution is 2.40. The van der Waals surface area contributed by atoms with Crippen LogP contribution >= 0.6 is 15.9 Å². The summed E-state index contributed by atoms with van der Waals surface area (Å²) in [6.07, 6.45) is 3.37. The van der Waals surface area contributed by atoms with Gasteiger partial charge in [0.25, 0.3) is 0 Å². The van der Waals surface area contributed by atoms with Crippen LogP contribution in [0.15, 0.2) is 33.6 Å². The molecule has 0 amide bonds. The molecule has 2 nitrogen and oxygen atoms in total. The number of halogens is 1. The first-order valence-electron chi connectivity index (χ1n) is 7.66. The van der Waals surface area contributed by atoms with Crippen molar-refractivity contribution in [2.24, 2.45) is 11.3 Å². The lowest BCUT2D eigenvalue weighted by atomic mass is 9.71. The topological polar surface area (TPSA) is 29.1 Å². The molecule has 1 N–H and O–H groups in total. The highest BCUT2D eigenvalue weighted by atomic mass is 79.9. The third kappa shape index (κ3) is 4.17. The molecule has 0 saturated heterocycles. The van der Waals surface area contributed by atoms with Gasteiger partial charge in [0.1, 0.15) is 0 Å². The van der Waals surface area contributed by atoms with Gasteiger partial charge in [-0.05, 0) is 55.8 Å². The molecule has 118 valence electrons. The Hall–Kier alpha value is -0.190. The molecular formula is C17H26BrNOS. The SMILES string of the molecule is CNC1CCC(C(C)(C)C)CC1S(=O)c1cccc(Br)c1. The zero-order valence-corrected chi connectivity index (χ0v) is 15.8. The van der Waals surface area contributed by atoms with Crippen LogP contribution in [0.1, 0.15) is 40.0 Å². The van der Waals surface area contributed by atoms with Gasteiger partial charge in [-0.25, -0.2) is 0 Å². The highest BCUT2D eigenvalue weighted by molar-refractivity contribution is 9.10. The molecule has 1 aromatic carbocycles. The van der Waals surface area contributed by atoms with Crippen molar-refractivity contribution in [2.45, 2.75) is 56.2 Å². The molecule has 1 aromatic rings.